The molecular weight excluding hydrogens is 288 g/mol. The average molecular weight is 312 g/mol. The first-order chi connectivity index (χ1) is 11.3. The number of nitrogens with zero attached hydrogens (tertiary/aromatic N) is 4. The van der Waals surface area contributed by atoms with Gasteiger partial charge in [-0.1, -0.05) is 31.2 Å². The van der Waals surface area contributed by atoms with E-state index in [1.165, 1.54) is 5.56 Å². The van der Waals surface area contributed by atoms with E-state index in [0.29, 0.717) is 6.54 Å². The van der Waals surface area contributed by atoms with Crippen molar-refractivity contribution in [2.75, 3.05) is 37.6 Å². The fraction of sp³-hybridized carbons (Fsp3) is 0.444. The molecule has 1 aromatic carbocycles. The van der Waals surface area contributed by atoms with Gasteiger partial charge in [0.25, 0.3) is 0 Å². The molecule has 0 spiro atoms. The maximum absolute atomic E-state index is 10.4. The fourth-order valence-electron chi connectivity index (χ4n) is 2.91. The van der Waals surface area contributed by atoms with Crippen LogP contribution in [-0.2, 0) is 6.42 Å². The third kappa shape index (κ3) is 4.06. The number of β-amino-alcohol motifs (C(OH)–C–C–N with tert-alkyl or cyclic N) is 1. The van der Waals surface area contributed by atoms with Gasteiger partial charge in [-0.2, -0.15) is 0 Å². The number of rotatable bonds is 5. The van der Waals surface area contributed by atoms with E-state index in [9.17, 15) is 5.11 Å². The van der Waals surface area contributed by atoms with Crippen LogP contribution in [0.5, 0.6) is 0 Å². The third-order valence-electron chi connectivity index (χ3n) is 4.41. The first kappa shape index (κ1) is 15.9. The third-order valence-corrected chi connectivity index (χ3v) is 4.41. The van der Waals surface area contributed by atoms with Crippen LogP contribution in [0.4, 0.5) is 5.95 Å². The van der Waals surface area contributed by atoms with Gasteiger partial charge in [0, 0.05) is 45.1 Å². The number of aliphatic hydroxyl groups is 1. The maximum atomic E-state index is 10.4. The highest BCUT2D eigenvalue weighted by Crippen LogP contribution is 2.17. The van der Waals surface area contributed by atoms with Crippen molar-refractivity contribution in [1.82, 2.24) is 14.9 Å². The lowest BCUT2D eigenvalue weighted by Crippen LogP contribution is -2.48. The van der Waals surface area contributed by atoms with Gasteiger partial charge in [-0.15, -0.1) is 0 Å². The summed E-state index contributed by atoms with van der Waals surface area (Å²) in [5.74, 6) is 0.794. The standard InChI is InChI=1S/C18H24N4O/c1-2-15-4-6-16(7-5-15)17(23)14-21-10-12-22(13-11-21)18-19-8-3-9-20-18/h3-9,17,23H,2,10-14H2,1H3/t17-/m1/s1. The summed E-state index contributed by atoms with van der Waals surface area (Å²) in [6, 6.07) is 10.1. The number of aromatic nitrogens is 2. The Hall–Kier alpha value is -1.98. The van der Waals surface area contributed by atoms with Crippen LogP contribution in [0.25, 0.3) is 0 Å². The zero-order valence-corrected chi connectivity index (χ0v) is 13.6. The highest BCUT2D eigenvalue weighted by atomic mass is 16.3. The molecule has 0 bridgehead atoms. The molecule has 0 aliphatic carbocycles. The molecule has 0 unspecified atom stereocenters. The van der Waals surface area contributed by atoms with Crippen LogP contribution in [0.15, 0.2) is 42.7 Å². The van der Waals surface area contributed by atoms with E-state index in [2.05, 4.69) is 38.8 Å². The number of aryl methyl sites for hydroxylation is 1. The predicted molar refractivity (Wildman–Crippen MR) is 91.5 cm³/mol. The number of aliphatic hydroxyl groups excluding tert-OH is 1. The summed E-state index contributed by atoms with van der Waals surface area (Å²) >= 11 is 0. The number of benzene rings is 1. The van der Waals surface area contributed by atoms with Crippen LogP contribution < -0.4 is 4.90 Å². The summed E-state index contributed by atoms with van der Waals surface area (Å²) in [4.78, 5) is 13.1. The predicted octanol–water partition coefficient (Wildman–Crippen LogP) is 1.89. The lowest BCUT2D eigenvalue weighted by Gasteiger charge is -2.35. The second kappa shape index (κ2) is 7.53. The molecule has 2 heterocycles. The van der Waals surface area contributed by atoms with E-state index in [4.69, 9.17) is 0 Å². The van der Waals surface area contributed by atoms with Crippen molar-refractivity contribution in [2.24, 2.45) is 0 Å². The van der Waals surface area contributed by atoms with Gasteiger partial charge in [-0.05, 0) is 23.6 Å². The van der Waals surface area contributed by atoms with Crippen LogP contribution in [0, 0.1) is 0 Å². The van der Waals surface area contributed by atoms with Gasteiger partial charge in [0.1, 0.15) is 0 Å². The lowest BCUT2D eigenvalue weighted by atomic mass is 10.1. The Kier molecular flexibility index (Phi) is 5.20. The number of piperazine rings is 1. The largest absolute Gasteiger partial charge is 0.387 e. The topological polar surface area (TPSA) is 52.5 Å². The maximum Gasteiger partial charge on any atom is 0.225 e. The minimum atomic E-state index is -0.430. The van der Waals surface area contributed by atoms with E-state index in [-0.39, 0.29) is 0 Å². The van der Waals surface area contributed by atoms with Crippen LogP contribution in [0.2, 0.25) is 0 Å². The van der Waals surface area contributed by atoms with Crippen LogP contribution >= 0.6 is 0 Å². The van der Waals surface area contributed by atoms with Crippen LogP contribution in [0.1, 0.15) is 24.2 Å². The molecule has 1 aromatic heterocycles. The second-order valence-electron chi connectivity index (χ2n) is 5.95. The zero-order chi connectivity index (χ0) is 16.1. The molecule has 1 saturated heterocycles. The van der Waals surface area contributed by atoms with Crippen molar-refractivity contribution in [3.63, 3.8) is 0 Å². The van der Waals surface area contributed by atoms with Gasteiger partial charge in [0.15, 0.2) is 0 Å². The number of anilines is 1. The number of hydrogen-bond donors (Lipinski definition) is 1. The van der Waals surface area contributed by atoms with Gasteiger partial charge < -0.3 is 10.0 Å². The Morgan fingerprint density at radius 1 is 1.04 bits per heavy atom. The van der Waals surface area contributed by atoms with Crippen LogP contribution in [-0.4, -0.2) is 52.7 Å². The van der Waals surface area contributed by atoms with Crippen molar-refractivity contribution in [2.45, 2.75) is 19.4 Å². The fourth-order valence-corrected chi connectivity index (χ4v) is 2.91. The zero-order valence-electron chi connectivity index (χ0n) is 13.6. The van der Waals surface area contributed by atoms with E-state index in [1.807, 2.05) is 18.2 Å². The minimum absolute atomic E-state index is 0.430. The Labute approximate surface area is 137 Å². The van der Waals surface area contributed by atoms with Gasteiger partial charge in [0.05, 0.1) is 6.10 Å². The van der Waals surface area contributed by atoms with Gasteiger partial charge in [0.2, 0.25) is 5.95 Å². The summed E-state index contributed by atoms with van der Waals surface area (Å²) in [7, 11) is 0. The Bertz CT molecular complexity index is 594. The summed E-state index contributed by atoms with van der Waals surface area (Å²) in [5.41, 5.74) is 2.30. The minimum Gasteiger partial charge on any atom is -0.387 e. The molecule has 1 aliphatic heterocycles. The molecule has 5 nitrogen and oxygen atoms in total. The molecule has 0 amide bonds. The smallest absolute Gasteiger partial charge is 0.225 e. The van der Waals surface area contributed by atoms with E-state index in [0.717, 1.165) is 44.1 Å². The monoisotopic (exact) mass is 312 g/mol. The molecule has 1 N–H and O–H groups in total. The van der Waals surface area contributed by atoms with E-state index < -0.39 is 6.10 Å². The van der Waals surface area contributed by atoms with E-state index in [1.54, 1.807) is 12.4 Å². The molecular formula is C18H24N4O. The molecule has 1 fully saturated rings. The number of hydrogen-bond acceptors (Lipinski definition) is 5. The summed E-state index contributed by atoms with van der Waals surface area (Å²) in [6.07, 6.45) is 4.15. The summed E-state index contributed by atoms with van der Waals surface area (Å²) in [5, 5.41) is 10.4. The molecule has 1 aliphatic rings. The van der Waals surface area contributed by atoms with Gasteiger partial charge in [-0.3, -0.25) is 4.90 Å². The van der Waals surface area contributed by atoms with Crippen molar-refractivity contribution >= 4 is 5.95 Å². The molecule has 2 aromatic rings. The van der Waals surface area contributed by atoms with Crippen molar-refractivity contribution in [3.05, 3.63) is 53.9 Å². The average Bonchev–Trinajstić information content (AvgIpc) is 2.63. The molecule has 122 valence electrons. The molecule has 3 rings (SSSR count). The van der Waals surface area contributed by atoms with Crippen LogP contribution in [0.3, 0.4) is 0 Å². The SMILES string of the molecule is CCc1ccc([C@H](O)CN2CCN(c3ncccn3)CC2)cc1. The quantitative estimate of drug-likeness (QED) is 0.914. The molecule has 23 heavy (non-hydrogen) atoms. The molecule has 1 atom stereocenters. The Balaban J connectivity index is 1.51. The Morgan fingerprint density at radius 2 is 1.70 bits per heavy atom. The van der Waals surface area contributed by atoms with Crippen molar-refractivity contribution in [3.8, 4) is 0 Å². The van der Waals surface area contributed by atoms with E-state index >= 15 is 0 Å². The highest BCUT2D eigenvalue weighted by Gasteiger charge is 2.21. The molecule has 0 saturated carbocycles. The van der Waals surface area contributed by atoms with Crippen molar-refractivity contribution < 1.29 is 5.11 Å². The summed E-state index contributed by atoms with van der Waals surface area (Å²) < 4.78 is 0. The first-order valence-electron chi connectivity index (χ1n) is 8.27. The normalized spacial score (nSPS) is 17.2. The van der Waals surface area contributed by atoms with Gasteiger partial charge in [-0.25, -0.2) is 9.97 Å². The molecule has 0 radical (unpaired) electrons. The Morgan fingerprint density at radius 3 is 2.30 bits per heavy atom. The summed E-state index contributed by atoms with van der Waals surface area (Å²) in [6.45, 7) is 6.44. The second-order valence-corrected chi connectivity index (χ2v) is 5.95. The lowest BCUT2D eigenvalue weighted by molar-refractivity contribution is 0.109. The highest BCUT2D eigenvalue weighted by molar-refractivity contribution is 5.29. The van der Waals surface area contributed by atoms with Crippen molar-refractivity contribution in [1.29, 1.82) is 0 Å². The first-order valence-corrected chi connectivity index (χ1v) is 8.27. The molecule has 5 heteroatoms. The van der Waals surface area contributed by atoms with Gasteiger partial charge >= 0.3 is 0 Å².